The minimum atomic E-state index is -2.84. The summed E-state index contributed by atoms with van der Waals surface area (Å²) in [5.74, 6) is 1.93. The average Bonchev–Trinajstić information content (AvgIpc) is 3.64. The summed E-state index contributed by atoms with van der Waals surface area (Å²) < 4.78 is 9.02. The predicted octanol–water partition coefficient (Wildman–Crippen LogP) is 4.38. The van der Waals surface area contributed by atoms with Gasteiger partial charge in [0.25, 0.3) is 6.71 Å². The lowest BCUT2D eigenvalue weighted by molar-refractivity contribution is 0.488. The third kappa shape index (κ3) is 4.45. The Bertz CT molecular complexity index is 3300. The Morgan fingerprint density at radius 3 is 1.76 bits per heavy atom. The second-order valence-corrected chi connectivity index (χ2v) is 19.6. The number of rotatable bonds is 3. The molecule has 0 bridgehead atoms. The summed E-state index contributed by atoms with van der Waals surface area (Å²) in [6.07, 6.45) is 1.86. The van der Waals surface area contributed by atoms with Gasteiger partial charge < -0.3 is 9.30 Å². The molecular formula is C52H33B2N3OSi. The molecule has 0 atom stereocenters. The van der Waals surface area contributed by atoms with Crippen molar-refractivity contribution in [2.24, 2.45) is 0 Å². The van der Waals surface area contributed by atoms with Gasteiger partial charge in [-0.1, -0.05) is 167 Å². The van der Waals surface area contributed by atoms with Crippen LogP contribution in [-0.4, -0.2) is 36.0 Å². The molecule has 0 saturated heterocycles. The fourth-order valence-corrected chi connectivity index (χ4v) is 16.7. The number of hydrogen-bond acceptors (Lipinski definition) is 3. The number of hydrogen-bond donors (Lipinski definition) is 0. The Labute approximate surface area is 343 Å². The highest BCUT2D eigenvalue weighted by atomic mass is 28.3. The van der Waals surface area contributed by atoms with Gasteiger partial charge in [0.05, 0.1) is 16.7 Å². The molecule has 0 fully saturated rings. The topological polar surface area (TPSA) is 39.9 Å². The number of benzene rings is 7. The normalized spacial score (nSPS) is 14.0. The smallest absolute Gasteiger partial charge is 0.250 e. The van der Waals surface area contributed by atoms with E-state index in [2.05, 4.69) is 187 Å². The van der Waals surface area contributed by atoms with Gasteiger partial charge in [0.15, 0.2) is 8.07 Å². The molecule has 10 aromatic rings. The van der Waals surface area contributed by atoms with Crippen LogP contribution in [0, 0.1) is 0 Å². The van der Waals surface area contributed by atoms with E-state index >= 15 is 0 Å². The van der Waals surface area contributed by atoms with Crippen molar-refractivity contribution in [2.75, 3.05) is 0 Å². The number of para-hydroxylation sites is 2. The minimum absolute atomic E-state index is 0.0689. The first kappa shape index (κ1) is 32.8. The van der Waals surface area contributed by atoms with Crippen molar-refractivity contribution in [2.45, 2.75) is 0 Å². The molecule has 272 valence electrons. The first-order valence-electron chi connectivity index (χ1n) is 20.4. The number of pyridine rings is 2. The fourth-order valence-electron chi connectivity index (χ4n) is 10.9. The van der Waals surface area contributed by atoms with Crippen molar-refractivity contribution in [3.63, 3.8) is 0 Å². The summed E-state index contributed by atoms with van der Waals surface area (Å²) in [4.78, 5) is 10.1. The molecule has 3 aliphatic heterocycles. The molecule has 0 amide bonds. The minimum Gasteiger partial charge on any atom is -0.458 e. The average molecular weight is 766 g/mol. The van der Waals surface area contributed by atoms with Crippen molar-refractivity contribution >= 4 is 97.1 Å². The third-order valence-corrected chi connectivity index (χ3v) is 18.2. The molecule has 3 aliphatic rings. The molecule has 7 heteroatoms. The molecule has 0 unspecified atom stereocenters. The summed E-state index contributed by atoms with van der Waals surface area (Å²) in [5.41, 5.74) is 15.0. The second-order valence-electron chi connectivity index (χ2n) is 16.0. The Morgan fingerprint density at radius 2 is 1.03 bits per heavy atom. The van der Waals surface area contributed by atoms with Gasteiger partial charge in [0.1, 0.15) is 22.5 Å². The van der Waals surface area contributed by atoms with Crippen LogP contribution in [0.4, 0.5) is 0 Å². The lowest BCUT2D eigenvalue weighted by Gasteiger charge is -2.48. The lowest BCUT2D eigenvalue weighted by atomic mass is 9.35. The third-order valence-electron chi connectivity index (χ3n) is 13.2. The van der Waals surface area contributed by atoms with Crippen LogP contribution >= 0.6 is 0 Å². The van der Waals surface area contributed by atoms with Crippen molar-refractivity contribution in [1.29, 1.82) is 0 Å². The van der Waals surface area contributed by atoms with Crippen LogP contribution in [0.15, 0.2) is 200 Å². The summed E-state index contributed by atoms with van der Waals surface area (Å²) in [5, 5.41) is 5.83. The van der Waals surface area contributed by atoms with Crippen LogP contribution in [-0.2, 0) is 0 Å². The van der Waals surface area contributed by atoms with Crippen LogP contribution in [0.5, 0.6) is 11.5 Å². The van der Waals surface area contributed by atoms with E-state index in [0.717, 1.165) is 50.5 Å². The molecule has 59 heavy (non-hydrogen) atoms. The Morgan fingerprint density at radius 1 is 0.441 bits per heavy atom. The standard InChI is InChI=1S/C52H33B2N3OSi/c1-2-14-36(15-3-1)57-42-20-13-33-55-51(42)52-43(57)32-31-41(56-52)34-27-29-35(30-28-34)53-38-17-5-9-23-46(38)59(47-24-10-6-18-39(47)53)48-25-11-7-19-40(48)54-37-16-4-8-21-44(37)58-45-22-12-26-49(59)50(45)54/h1-33H. The maximum atomic E-state index is 6.77. The summed E-state index contributed by atoms with van der Waals surface area (Å²) in [6, 6.07) is 71.4. The van der Waals surface area contributed by atoms with Crippen molar-refractivity contribution in [3.05, 3.63) is 200 Å². The predicted molar refractivity (Wildman–Crippen MR) is 248 cm³/mol. The number of nitrogens with zero attached hydrogens (tertiary/aromatic N) is 3. The van der Waals surface area contributed by atoms with E-state index in [4.69, 9.17) is 14.7 Å². The van der Waals surface area contributed by atoms with Gasteiger partial charge in [-0.25, -0.2) is 4.98 Å². The van der Waals surface area contributed by atoms with E-state index in [1.54, 1.807) is 0 Å². The van der Waals surface area contributed by atoms with Gasteiger partial charge >= 0.3 is 0 Å². The first-order valence-corrected chi connectivity index (χ1v) is 22.4. The van der Waals surface area contributed by atoms with Crippen molar-refractivity contribution in [3.8, 4) is 28.4 Å². The van der Waals surface area contributed by atoms with Crippen LogP contribution in [0.2, 0.25) is 0 Å². The highest BCUT2D eigenvalue weighted by Gasteiger charge is 2.56. The van der Waals surface area contributed by atoms with Gasteiger partial charge in [0.2, 0.25) is 6.71 Å². The molecule has 0 radical (unpaired) electrons. The summed E-state index contributed by atoms with van der Waals surface area (Å²) in [6.45, 7) is 0.183. The monoisotopic (exact) mass is 765 g/mol. The van der Waals surface area contributed by atoms with Gasteiger partial charge in [-0.05, 0) is 80.2 Å². The quantitative estimate of drug-likeness (QED) is 0.251. The molecule has 4 nitrogen and oxygen atoms in total. The van der Waals surface area contributed by atoms with Crippen LogP contribution in [0.25, 0.3) is 39.0 Å². The number of aromatic nitrogens is 3. The maximum Gasteiger partial charge on any atom is 0.250 e. The van der Waals surface area contributed by atoms with Gasteiger partial charge in [-0.3, -0.25) is 4.98 Å². The largest absolute Gasteiger partial charge is 0.458 e. The molecule has 13 rings (SSSR count). The Hall–Kier alpha value is -7.21. The van der Waals surface area contributed by atoms with E-state index in [1.165, 1.54) is 53.5 Å². The van der Waals surface area contributed by atoms with E-state index < -0.39 is 8.07 Å². The second kappa shape index (κ2) is 12.4. The zero-order valence-corrected chi connectivity index (χ0v) is 33.0. The summed E-state index contributed by atoms with van der Waals surface area (Å²) in [7, 11) is -2.84. The Kier molecular flexibility index (Phi) is 6.90. The maximum absolute atomic E-state index is 6.77. The molecule has 3 aromatic heterocycles. The van der Waals surface area contributed by atoms with Gasteiger partial charge in [-0.2, -0.15) is 0 Å². The van der Waals surface area contributed by atoms with Crippen LogP contribution in [0.1, 0.15) is 0 Å². The van der Waals surface area contributed by atoms with Crippen molar-refractivity contribution < 1.29 is 4.74 Å². The van der Waals surface area contributed by atoms with Crippen molar-refractivity contribution in [1.82, 2.24) is 14.5 Å². The Balaban J connectivity index is 0.978. The van der Waals surface area contributed by atoms with E-state index in [9.17, 15) is 0 Å². The highest BCUT2D eigenvalue weighted by Crippen LogP contribution is 2.32. The molecule has 6 heterocycles. The van der Waals surface area contributed by atoms with E-state index in [-0.39, 0.29) is 13.4 Å². The van der Waals surface area contributed by atoms with Gasteiger partial charge in [0, 0.05) is 17.4 Å². The molecular weight excluding hydrogens is 732 g/mol. The molecule has 7 aromatic carbocycles. The first-order chi connectivity index (χ1) is 29.3. The highest BCUT2D eigenvalue weighted by molar-refractivity contribution is 7.31. The SMILES string of the molecule is c1ccc(-n2c3cccnc3c3nc(-c4ccc(B5c6ccccc6[Si]6(c7ccccc75)c5ccccc5B5c7ccccc7Oc7cccc6c75)cc4)ccc32)cc1. The van der Waals surface area contributed by atoms with Crippen LogP contribution in [0.3, 0.4) is 0 Å². The van der Waals surface area contributed by atoms with E-state index in [1.807, 2.05) is 18.3 Å². The number of fused-ring (bicyclic) bond motifs is 13. The fraction of sp³-hybridized carbons (Fsp3) is 0. The summed E-state index contributed by atoms with van der Waals surface area (Å²) >= 11 is 0. The molecule has 1 spiro atoms. The lowest BCUT2D eigenvalue weighted by Crippen LogP contribution is -2.93. The van der Waals surface area contributed by atoms with E-state index in [0.29, 0.717) is 0 Å². The zero-order chi connectivity index (χ0) is 38.7. The molecule has 0 N–H and O–H groups in total. The number of ether oxygens (including phenoxy) is 1. The van der Waals surface area contributed by atoms with Gasteiger partial charge in [-0.15, -0.1) is 0 Å². The zero-order valence-electron chi connectivity index (χ0n) is 32.0. The molecule has 0 saturated carbocycles. The van der Waals surface area contributed by atoms with Crippen LogP contribution < -0.4 is 58.3 Å². The molecule has 0 aliphatic carbocycles.